The molecule has 0 aromatic heterocycles. The van der Waals surface area contributed by atoms with Gasteiger partial charge in [-0.3, -0.25) is 0 Å². The third-order valence-corrected chi connectivity index (χ3v) is 4.63. The first-order chi connectivity index (χ1) is 9.56. The van der Waals surface area contributed by atoms with Crippen LogP contribution in [0.1, 0.15) is 28.3 Å². The van der Waals surface area contributed by atoms with Gasteiger partial charge in [0.1, 0.15) is 5.75 Å². The number of fused-ring (bicyclic) bond motifs is 1. The summed E-state index contributed by atoms with van der Waals surface area (Å²) in [6.45, 7) is 2.82. The van der Waals surface area contributed by atoms with Gasteiger partial charge in [0.25, 0.3) is 0 Å². The Morgan fingerprint density at radius 1 is 1.10 bits per heavy atom. The number of hydrogen-bond donors (Lipinski definition) is 1. The molecule has 0 aliphatic carbocycles. The predicted octanol–water partition coefficient (Wildman–Crippen LogP) is 4.50. The first-order valence-electron chi connectivity index (χ1n) is 6.53. The van der Waals surface area contributed by atoms with Gasteiger partial charge in [0.05, 0.1) is 12.6 Å². The van der Waals surface area contributed by atoms with Crippen LogP contribution in [0, 0.1) is 6.92 Å². The summed E-state index contributed by atoms with van der Waals surface area (Å²) in [4.78, 5) is 0. The molecule has 0 saturated carbocycles. The molecule has 2 N–H and O–H groups in total. The molecule has 0 fully saturated rings. The van der Waals surface area contributed by atoms with Gasteiger partial charge in [-0.25, -0.2) is 0 Å². The fraction of sp³-hybridized carbons (Fsp3) is 0.250. The summed E-state index contributed by atoms with van der Waals surface area (Å²) in [5.41, 5.74) is 11.1. The van der Waals surface area contributed by atoms with Crippen LogP contribution < -0.4 is 10.5 Å². The van der Waals surface area contributed by atoms with Crippen LogP contribution in [0.2, 0.25) is 0 Å². The second-order valence-corrected chi connectivity index (χ2v) is 6.89. The highest BCUT2D eigenvalue weighted by Crippen LogP contribution is 2.38. The molecule has 0 amide bonds. The maximum absolute atomic E-state index is 6.49. The van der Waals surface area contributed by atoms with Crippen LogP contribution in [-0.2, 0) is 6.42 Å². The van der Waals surface area contributed by atoms with Crippen LogP contribution in [0.5, 0.6) is 5.75 Å². The first-order valence-corrected chi connectivity index (χ1v) is 8.11. The minimum absolute atomic E-state index is 0.174. The lowest BCUT2D eigenvalue weighted by molar-refractivity contribution is 0.352. The van der Waals surface area contributed by atoms with Crippen molar-refractivity contribution in [2.24, 2.45) is 5.73 Å². The van der Waals surface area contributed by atoms with E-state index in [0.29, 0.717) is 0 Å². The monoisotopic (exact) mass is 395 g/mol. The van der Waals surface area contributed by atoms with Crippen LogP contribution in [0.25, 0.3) is 0 Å². The number of benzene rings is 2. The molecular formula is C16H15Br2NO. The van der Waals surface area contributed by atoms with Gasteiger partial charge in [0, 0.05) is 20.9 Å². The van der Waals surface area contributed by atoms with E-state index in [4.69, 9.17) is 10.5 Å². The Kier molecular flexibility index (Phi) is 3.89. The molecule has 1 unspecified atom stereocenters. The zero-order valence-corrected chi connectivity index (χ0v) is 14.3. The Morgan fingerprint density at radius 3 is 2.65 bits per heavy atom. The second kappa shape index (κ2) is 5.51. The van der Waals surface area contributed by atoms with E-state index in [2.05, 4.69) is 63.0 Å². The maximum atomic E-state index is 6.49. The Morgan fingerprint density at radius 2 is 1.90 bits per heavy atom. The van der Waals surface area contributed by atoms with Gasteiger partial charge < -0.3 is 10.5 Å². The lowest BCUT2D eigenvalue weighted by atomic mass is 9.94. The van der Waals surface area contributed by atoms with Crippen molar-refractivity contribution < 1.29 is 4.74 Å². The second-order valence-electron chi connectivity index (χ2n) is 5.06. The summed E-state index contributed by atoms with van der Waals surface area (Å²) >= 11 is 7.06. The Labute approximate surface area is 135 Å². The van der Waals surface area contributed by atoms with Crippen LogP contribution in [0.4, 0.5) is 0 Å². The van der Waals surface area contributed by atoms with Gasteiger partial charge >= 0.3 is 0 Å². The average Bonchev–Trinajstić information content (AvgIpc) is 2.85. The molecule has 104 valence electrons. The summed E-state index contributed by atoms with van der Waals surface area (Å²) in [7, 11) is 0. The summed E-state index contributed by atoms with van der Waals surface area (Å²) < 4.78 is 7.91. The van der Waals surface area contributed by atoms with E-state index in [1.54, 1.807) is 0 Å². The van der Waals surface area contributed by atoms with Crippen molar-refractivity contribution in [2.45, 2.75) is 19.4 Å². The summed E-state index contributed by atoms with van der Waals surface area (Å²) in [5, 5.41) is 0. The highest BCUT2D eigenvalue weighted by Gasteiger charge is 2.23. The fourth-order valence-corrected chi connectivity index (χ4v) is 3.68. The van der Waals surface area contributed by atoms with Crippen LogP contribution >= 0.6 is 31.9 Å². The molecule has 20 heavy (non-hydrogen) atoms. The topological polar surface area (TPSA) is 35.2 Å². The van der Waals surface area contributed by atoms with Gasteiger partial charge in [-0.1, -0.05) is 37.9 Å². The molecule has 3 rings (SSSR count). The maximum Gasteiger partial charge on any atom is 0.127 e. The van der Waals surface area contributed by atoms with Gasteiger partial charge in [-0.15, -0.1) is 0 Å². The van der Waals surface area contributed by atoms with E-state index in [1.807, 2.05) is 6.07 Å². The molecule has 2 aromatic rings. The highest BCUT2D eigenvalue weighted by atomic mass is 79.9. The molecule has 1 aliphatic heterocycles. The Bertz CT molecular complexity index is 670. The van der Waals surface area contributed by atoms with Crippen LogP contribution in [0.15, 0.2) is 39.3 Å². The van der Waals surface area contributed by atoms with Gasteiger partial charge in [-0.05, 0) is 47.9 Å². The standard InChI is InChI=1S/C16H15Br2NO/c1-9-6-11(17)2-3-13(9)15(19)14-8-12(18)7-10-4-5-20-16(10)14/h2-3,6-8,15H,4-5,19H2,1H3. The molecule has 0 radical (unpaired) electrons. The zero-order valence-electron chi connectivity index (χ0n) is 11.1. The number of ether oxygens (including phenoxy) is 1. The predicted molar refractivity (Wildman–Crippen MR) is 88.3 cm³/mol. The SMILES string of the molecule is Cc1cc(Br)ccc1C(N)c1cc(Br)cc2c1OCC2. The molecule has 2 nitrogen and oxygen atoms in total. The van der Waals surface area contributed by atoms with E-state index >= 15 is 0 Å². The van der Waals surface area contributed by atoms with E-state index in [9.17, 15) is 0 Å². The van der Waals surface area contributed by atoms with Crippen molar-refractivity contribution in [3.8, 4) is 5.75 Å². The van der Waals surface area contributed by atoms with Crippen molar-refractivity contribution in [1.82, 2.24) is 0 Å². The van der Waals surface area contributed by atoms with Crippen molar-refractivity contribution in [2.75, 3.05) is 6.61 Å². The summed E-state index contributed by atoms with van der Waals surface area (Å²) in [5.74, 6) is 0.961. The zero-order chi connectivity index (χ0) is 14.3. The van der Waals surface area contributed by atoms with Crippen molar-refractivity contribution in [3.63, 3.8) is 0 Å². The smallest absolute Gasteiger partial charge is 0.127 e. The third kappa shape index (κ3) is 2.52. The van der Waals surface area contributed by atoms with Crippen molar-refractivity contribution in [1.29, 1.82) is 0 Å². The largest absolute Gasteiger partial charge is 0.493 e. The van der Waals surface area contributed by atoms with Gasteiger partial charge in [0.15, 0.2) is 0 Å². The number of nitrogens with two attached hydrogens (primary N) is 1. The molecule has 4 heteroatoms. The highest BCUT2D eigenvalue weighted by molar-refractivity contribution is 9.10. The first kappa shape index (κ1) is 14.1. The Balaban J connectivity index is 2.09. The van der Waals surface area contributed by atoms with Crippen molar-refractivity contribution in [3.05, 3.63) is 61.5 Å². The fourth-order valence-electron chi connectivity index (χ4n) is 2.68. The minimum Gasteiger partial charge on any atom is -0.493 e. The molecule has 1 atom stereocenters. The van der Waals surface area contributed by atoms with Crippen LogP contribution in [-0.4, -0.2) is 6.61 Å². The third-order valence-electron chi connectivity index (χ3n) is 3.68. The molecule has 1 aliphatic rings. The molecule has 0 saturated heterocycles. The average molecular weight is 397 g/mol. The minimum atomic E-state index is -0.174. The number of aryl methyl sites for hydroxylation is 1. The normalized spacial score (nSPS) is 14.8. The molecular weight excluding hydrogens is 382 g/mol. The number of hydrogen-bond acceptors (Lipinski definition) is 2. The summed E-state index contributed by atoms with van der Waals surface area (Å²) in [6.07, 6.45) is 0.952. The molecule has 0 bridgehead atoms. The lowest BCUT2D eigenvalue weighted by Crippen LogP contribution is -2.14. The number of halogens is 2. The number of rotatable bonds is 2. The summed E-state index contributed by atoms with van der Waals surface area (Å²) in [6, 6.07) is 10.2. The van der Waals surface area contributed by atoms with Crippen LogP contribution in [0.3, 0.4) is 0 Å². The molecule has 1 heterocycles. The Hall–Kier alpha value is -0.840. The van der Waals surface area contributed by atoms with Gasteiger partial charge in [-0.2, -0.15) is 0 Å². The van der Waals surface area contributed by atoms with E-state index in [0.717, 1.165) is 38.8 Å². The van der Waals surface area contributed by atoms with Crippen molar-refractivity contribution >= 4 is 31.9 Å². The van der Waals surface area contributed by atoms with E-state index in [-0.39, 0.29) is 6.04 Å². The van der Waals surface area contributed by atoms with E-state index in [1.165, 1.54) is 11.1 Å². The van der Waals surface area contributed by atoms with Gasteiger partial charge in [0.2, 0.25) is 0 Å². The lowest BCUT2D eigenvalue weighted by Gasteiger charge is -2.18. The van der Waals surface area contributed by atoms with E-state index < -0.39 is 0 Å². The molecule has 2 aromatic carbocycles. The quantitative estimate of drug-likeness (QED) is 0.810. The molecule has 0 spiro atoms.